The number of ether oxygens (including phenoxy) is 2. The molecule has 0 N–H and O–H groups in total. The molecule has 1 heterocycles. The van der Waals surface area contributed by atoms with Gasteiger partial charge in [-0.3, -0.25) is 0 Å². The highest BCUT2D eigenvalue weighted by Gasteiger charge is 2.56. The van der Waals surface area contributed by atoms with E-state index in [2.05, 4.69) is 26.0 Å². The summed E-state index contributed by atoms with van der Waals surface area (Å²) in [6, 6.07) is 5.32. The fourth-order valence-corrected chi connectivity index (χ4v) is 11.1. The maximum Gasteiger partial charge on any atom is 0.126 e. The van der Waals surface area contributed by atoms with E-state index in [-0.39, 0.29) is 0 Å². The molecule has 9 fully saturated rings. The SMILES string of the molecule is CC(C)c1cc(C23CC4CC(CC(C4)C2)C3)c(OCC2CO2)c(C23CC4CC(CC(C4)C2)C3)c1. The van der Waals surface area contributed by atoms with Gasteiger partial charge in [0.15, 0.2) is 0 Å². The van der Waals surface area contributed by atoms with E-state index < -0.39 is 0 Å². The summed E-state index contributed by atoms with van der Waals surface area (Å²) < 4.78 is 12.6. The summed E-state index contributed by atoms with van der Waals surface area (Å²) in [5.41, 5.74) is 5.67. The Bertz CT molecular complexity index is 849. The van der Waals surface area contributed by atoms with Crippen LogP contribution in [0.25, 0.3) is 0 Å². The third-order valence-electron chi connectivity index (χ3n) is 11.8. The van der Waals surface area contributed by atoms with Crippen LogP contribution in [0.4, 0.5) is 0 Å². The molecule has 1 aromatic rings. The van der Waals surface area contributed by atoms with Crippen LogP contribution in [0.5, 0.6) is 5.75 Å². The summed E-state index contributed by atoms with van der Waals surface area (Å²) in [6.45, 7) is 6.49. The molecule has 1 unspecified atom stereocenters. The molecule has 9 aliphatic rings. The van der Waals surface area contributed by atoms with Crippen LogP contribution < -0.4 is 4.74 Å². The lowest BCUT2D eigenvalue weighted by atomic mass is 9.46. The van der Waals surface area contributed by atoms with E-state index >= 15 is 0 Å². The Balaban J connectivity index is 1.30. The molecule has 1 aliphatic heterocycles. The lowest BCUT2D eigenvalue weighted by molar-refractivity contribution is -0.0109. The Kier molecular flexibility index (Phi) is 4.51. The van der Waals surface area contributed by atoms with E-state index in [1.165, 1.54) is 82.8 Å². The first-order chi connectivity index (χ1) is 16.5. The Hall–Kier alpha value is -1.02. The van der Waals surface area contributed by atoms with Crippen LogP contribution in [0.2, 0.25) is 0 Å². The van der Waals surface area contributed by atoms with Crippen molar-refractivity contribution in [1.82, 2.24) is 0 Å². The molecule has 0 amide bonds. The molecule has 34 heavy (non-hydrogen) atoms. The van der Waals surface area contributed by atoms with Crippen LogP contribution in [0, 0.1) is 35.5 Å². The molecule has 8 saturated carbocycles. The van der Waals surface area contributed by atoms with Crippen molar-refractivity contribution in [2.75, 3.05) is 13.2 Å². The predicted molar refractivity (Wildman–Crippen MR) is 135 cm³/mol. The zero-order valence-electron chi connectivity index (χ0n) is 21.5. The smallest absolute Gasteiger partial charge is 0.126 e. The minimum atomic E-state index is 0.332. The fraction of sp³-hybridized carbons (Fsp3) is 0.812. The molecule has 184 valence electrons. The summed E-state index contributed by atoms with van der Waals surface area (Å²) in [6.07, 6.45) is 18.0. The van der Waals surface area contributed by atoms with Gasteiger partial charge < -0.3 is 9.47 Å². The van der Waals surface area contributed by atoms with Gasteiger partial charge in [-0.1, -0.05) is 26.0 Å². The summed E-state index contributed by atoms with van der Waals surface area (Å²) in [4.78, 5) is 0. The van der Waals surface area contributed by atoms with E-state index in [1.807, 2.05) is 0 Å². The van der Waals surface area contributed by atoms with Crippen molar-refractivity contribution < 1.29 is 9.47 Å². The highest BCUT2D eigenvalue weighted by molar-refractivity contribution is 5.54. The third kappa shape index (κ3) is 3.22. The second-order valence-electron chi connectivity index (χ2n) is 14.8. The van der Waals surface area contributed by atoms with Crippen molar-refractivity contribution in [2.24, 2.45) is 35.5 Å². The lowest BCUT2D eigenvalue weighted by Crippen LogP contribution is -2.50. The van der Waals surface area contributed by atoms with E-state index in [4.69, 9.17) is 9.47 Å². The van der Waals surface area contributed by atoms with Crippen molar-refractivity contribution in [3.8, 4) is 5.75 Å². The van der Waals surface area contributed by atoms with Gasteiger partial charge in [0.25, 0.3) is 0 Å². The fourth-order valence-electron chi connectivity index (χ4n) is 11.1. The van der Waals surface area contributed by atoms with Crippen LogP contribution >= 0.6 is 0 Å². The standard InChI is InChI=1S/C32H44O2/c1-19(2)26-9-28(31-11-20-3-21(12-31)5-22(4-20)13-31)30(34-18-27-17-33-27)29(10-26)32-14-23-6-24(15-32)8-25(7-23)16-32/h9-10,19-25,27H,3-8,11-18H2,1-2H3. The van der Waals surface area contributed by atoms with E-state index in [1.54, 1.807) is 16.7 Å². The van der Waals surface area contributed by atoms with Gasteiger partial charge in [0.1, 0.15) is 18.5 Å². The molecule has 8 bridgehead atoms. The Morgan fingerprint density at radius 3 is 1.44 bits per heavy atom. The van der Waals surface area contributed by atoms with Gasteiger partial charge >= 0.3 is 0 Å². The second kappa shape index (κ2) is 7.27. The topological polar surface area (TPSA) is 21.8 Å². The number of benzene rings is 1. The van der Waals surface area contributed by atoms with Crippen LogP contribution in [-0.4, -0.2) is 19.3 Å². The van der Waals surface area contributed by atoms with E-state index in [0.29, 0.717) is 22.9 Å². The largest absolute Gasteiger partial charge is 0.490 e. The number of hydrogen-bond acceptors (Lipinski definition) is 2. The molecule has 1 atom stereocenters. The van der Waals surface area contributed by atoms with Crippen molar-refractivity contribution in [3.63, 3.8) is 0 Å². The first-order valence-corrected chi connectivity index (χ1v) is 14.9. The van der Waals surface area contributed by atoms with Gasteiger partial charge in [-0.05, 0) is 135 Å². The monoisotopic (exact) mass is 460 g/mol. The van der Waals surface area contributed by atoms with Gasteiger partial charge in [0.05, 0.1) is 6.61 Å². The molecule has 1 aromatic carbocycles. The first kappa shape index (κ1) is 21.1. The van der Waals surface area contributed by atoms with Crippen molar-refractivity contribution >= 4 is 0 Å². The Morgan fingerprint density at radius 1 is 0.735 bits per heavy atom. The number of hydrogen-bond donors (Lipinski definition) is 0. The van der Waals surface area contributed by atoms with Crippen molar-refractivity contribution in [2.45, 2.75) is 114 Å². The van der Waals surface area contributed by atoms with Gasteiger partial charge in [0, 0.05) is 11.1 Å². The van der Waals surface area contributed by atoms with Crippen molar-refractivity contribution in [3.05, 3.63) is 28.8 Å². The molecular formula is C32H44O2. The lowest BCUT2D eigenvalue weighted by Gasteiger charge is -2.59. The molecule has 0 aromatic heterocycles. The summed E-state index contributed by atoms with van der Waals surface area (Å²) in [5.74, 6) is 7.76. The minimum Gasteiger partial charge on any atom is -0.490 e. The Morgan fingerprint density at radius 2 is 1.12 bits per heavy atom. The number of rotatable bonds is 6. The molecule has 10 rings (SSSR count). The number of epoxide rings is 1. The van der Waals surface area contributed by atoms with Crippen molar-refractivity contribution in [1.29, 1.82) is 0 Å². The second-order valence-corrected chi connectivity index (χ2v) is 14.8. The highest BCUT2D eigenvalue weighted by atomic mass is 16.6. The zero-order valence-corrected chi connectivity index (χ0v) is 21.5. The normalized spacial score (nSPS) is 47.6. The molecule has 1 saturated heterocycles. The summed E-state index contributed by atoms with van der Waals surface area (Å²) in [5, 5.41) is 0. The van der Waals surface area contributed by atoms with Gasteiger partial charge in [-0.25, -0.2) is 0 Å². The van der Waals surface area contributed by atoms with Gasteiger partial charge in [-0.15, -0.1) is 0 Å². The molecular weight excluding hydrogens is 416 g/mol. The quantitative estimate of drug-likeness (QED) is 0.409. The van der Waals surface area contributed by atoms with E-state index in [9.17, 15) is 0 Å². The first-order valence-electron chi connectivity index (χ1n) is 14.9. The molecule has 0 spiro atoms. The molecule has 2 heteroatoms. The maximum atomic E-state index is 6.98. The van der Waals surface area contributed by atoms with Crippen LogP contribution in [0.15, 0.2) is 12.1 Å². The summed E-state index contributed by atoms with van der Waals surface area (Å²) in [7, 11) is 0. The molecule has 0 radical (unpaired) electrons. The predicted octanol–water partition coefficient (Wildman–Crippen LogP) is 7.52. The average molecular weight is 461 g/mol. The van der Waals surface area contributed by atoms with Gasteiger partial charge in [-0.2, -0.15) is 0 Å². The average Bonchev–Trinajstić information content (AvgIpc) is 3.60. The highest BCUT2D eigenvalue weighted by Crippen LogP contribution is 2.66. The molecule has 2 nitrogen and oxygen atoms in total. The minimum absolute atomic E-state index is 0.332. The zero-order chi connectivity index (χ0) is 22.7. The third-order valence-corrected chi connectivity index (χ3v) is 11.8. The van der Waals surface area contributed by atoms with Crippen LogP contribution in [0.1, 0.15) is 114 Å². The van der Waals surface area contributed by atoms with Gasteiger partial charge in [0.2, 0.25) is 0 Å². The summed E-state index contributed by atoms with van der Waals surface area (Å²) >= 11 is 0. The maximum absolute atomic E-state index is 6.98. The van der Waals surface area contributed by atoms with E-state index in [0.717, 1.165) is 48.7 Å². The molecule has 8 aliphatic carbocycles. The van der Waals surface area contributed by atoms with Crippen LogP contribution in [-0.2, 0) is 15.6 Å². The Labute approximate surface area is 206 Å². The van der Waals surface area contributed by atoms with Crippen LogP contribution in [0.3, 0.4) is 0 Å².